The minimum atomic E-state index is -0.433. The monoisotopic (exact) mass is 419 g/mol. The number of hydrogen-bond acceptors (Lipinski definition) is 5. The Labute approximate surface area is 168 Å². The smallest absolute Gasteiger partial charge is 0.271 e. The van der Waals surface area contributed by atoms with Crippen LogP contribution in [0.25, 0.3) is 10.2 Å². The van der Waals surface area contributed by atoms with Gasteiger partial charge in [0, 0.05) is 30.0 Å². The number of nitro groups is 1. The van der Waals surface area contributed by atoms with Crippen molar-refractivity contribution in [2.45, 2.75) is 31.2 Å². The summed E-state index contributed by atoms with van der Waals surface area (Å²) in [6.45, 7) is 2.47. The van der Waals surface area contributed by atoms with E-state index in [2.05, 4.69) is 4.99 Å². The van der Waals surface area contributed by atoms with Gasteiger partial charge in [0.1, 0.15) is 5.82 Å². The first-order chi connectivity index (χ1) is 13.5. The molecule has 6 nitrogen and oxygen atoms in total. The molecule has 0 unspecified atom stereocenters. The molecule has 1 heterocycles. The maximum Gasteiger partial charge on any atom is 0.271 e. The molecule has 1 aromatic heterocycles. The van der Waals surface area contributed by atoms with E-state index in [0.717, 1.165) is 15.3 Å². The Kier molecular flexibility index (Phi) is 6.58. The average molecular weight is 420 g/mol. The van der Waals surface area contributed by atoms with Gasteiger partial charge >= 0.3 is 0 Å². The van der Waals surface area contributed by atoms with Gasteiger partial charge in [-0.05, 0) is 49.4 Å². The van der Waals surface area contributed by atoms with Crippen LogP contribution in [0.1, 0.15) is 19.8 Å². The van der Waals surface area contributed by atoms with Crippen molar-refractivity contribution in [2.75, 3.05) is 5.75 Å². The summed E-state index contributed by atoms with van der Waals surface area (Å²) in [7, 11) is 0. The molecule has 3 rings (SSSR count). The number of non-ortho nitro benzene ring substituents is 1. The molecular formula is C19H18FN3O3S2. The molecule has 0 aliphatic rings. The van der Waals surface area contributed by atoms with Crippen molar-refractivity contribution < 1.29 is 14.1 Å². The number of aromatic nitrogens is 1. The molecule has 0 aliphatic carbocycles. The van der Waals surface area contributed by atoms with Crippen LogP contribution in [0, 0.1) is 15.9 Å². The summed E-state index contributed by atoms with van der Waals surface area (Å²) in [5, 5.41) is 11.0. The number of rotatable bonds is 7. The van der Waals surface area contributed by atoms with E-state index in [1.807, 2.05) is 11.5 Å². The summed E-state index contributed by atoms with van der Waals surface area (Å²) in [6, 6.07) is 10.9. The zero-order valence-corrected chi connectivity index (χ0v) is 16.8. The molecule has 1 amide bonds. The summed E-state index contributed by atoms with van der Waals surface area (Å²) < 4.78 is 15.6. The highest BCUT2D eigenvalue weighted by Crippen LogP contribution is 2.23. The molecule has 0 bridgehead atoms. The molecule has 0 aliphatic heterocycles. The predicted molar refractivity (Wildman–Crippen MR) is 109 cm³/mol. The van der Waals surface area contributed by atoms with Crippen molar-refractivity contribution >= 4 is 44.9 Å². The van der Waals surface area contributed by atoms with Gasteiger partial charge in [0.25, 0.3) is 5.69 Å². The third-order valence-corrected chi connectivity index (χ3v) is 6.19. The summed E-state index contributed by atoms with van der Waals surface area (Å²) in [4.78, 5) is 28.5. The van der Waals surface area contributed by atoms with Crippen LogP contribution in [0.4, 0.5) is 10.1 Å². The van der Waals surface area contributed by atoms with E-state index in [9.17, 15) is 19.3 Å². The van der Waals surface area contributed by atoms with E-state index in [1.165, 1.54) is 35.6 Å². The van der Waals surface area contributed by atoms with Crippen molar-refractivity contribution in [3.63, 3.8) is 0 Å². The maximum atomic E-state index is 12.9. The summed E-state index contributed by atoms with van der Waals surface area (Å²) in [5.74, 6) is 0.249. The lowest BCUT2D eigenvalue weighted by atomic mass is 10.3. The van der Waals surface area contributed by atoms with Crippen LogP contribution in [0.2, 0.25) is 0 Å². The molecule has 0 spiro atoms. The molecule has 0 N–H and O–H groups in total. The molecule has 9 heteroatoms. The van der Waals surface area contributed by atoms with Crippen molar-refractivity contribution in [3.8, 4) is 0 Å². The van der Waals surface area contributed by atoms with Crippen molar-refractivity contribution in [3.05, 3.63) is 63.2 Å². The normalized spacial score (nSPS) is 11.9. The fourth-order valence-corrected chi connectivity index (χ4v) is 4.61. The van der Waals surface area contributed by atoms with Crippen LogP contribution in [0.5, 0.6) is 0 Å². The van der Waals surface area contributed by atoms with E-state index in [4.69, 9.17) is 0 Å². The van der Waals surface area contributed by atoms with E-state index in [-0.39, 0.29) is 17.4 Å². The van der Waals surface area contributed by atoms with E-state index >= 15 is 0 Å². The number of carbonyl (C=O) groups excluding carboxylic acids is 1. The molecule has 0 saturated heterocycles. The molecule has 146 valence electrons. The first-order valence-electron chi connectivity index (χ1n) is 8.71. The Bertz CT molecular complexity index is 1070. The van der Waals surface area contributed by atoms with Crippen LogP contribution < -0.4 is 4.80 Å². The zero-order chi connectivity index (χ0) is 20.1. The van der Waals surface area contributed by atoms with Gasteiger partial charge in [-0.15, -0.1) is 11.8 Å². The largest absolute Gasteiger partial charge is 0.316 e. The number of fused-ring (bicyclic) bond motifs is 1. The predicted octanol–water partition coefficient (Wildman–Crippen LogP) is 4.77. The number of amides is 1. The van der Waals surface area contributed by atoms with Crippen molar-refractivity contribution in [1.29, 1.82) is 0 Å². The molecule has 28 heavy (non-hydrogen) atoms. The first kappa shape index (κ1) is 20.2. The third-order valence-electron chi connectivity index (χ3n) is 4.03. The molecule has 2 aromatic carbocycles. The topological polar surface area (TPSA) is 77.5 Å². The van der Waals surface area contributed by atoms with Gasteiger partial charge in [0.2, 0.25) is 5.91 Å². The number of nitro benzene ring substituents is 1. The molecule has 0 fully saturated rings. The second-order valence-corrected chi connectivity index (χ2v) is 8.13. The molecular weight excluding hydrogens is 401 g/mol. The van der Waals surface area contributed by atoms with Crippen LogP contribution in [0.3, 0.4) is 0 Å². The lowest BCUT2D eigenvalue weighted by Gasteiger charge is -2.01. The maximum absolute atomic E-state index is 12.9. The van der Waals surface area contributed by atoms with E-state index in [1.54, 1.807) is 30.0 Å². The van der Waals surface area contributed by atoms with Gasteiger partial charge in [-0.3, -0.25) is 14.9 Å². The number of thiazole rings is 1. The van der Waals surface area contributed by atoms with Crippen LogP contribution >= 0.6 is 23.1 Å². The number of carbonyl (C=O) groups is 1. The van der Waals surface area contributed by atoms with Crippen LogP contribution in [-0.4, -0.2) is 21.2 Å². The summed E-state index contributed by atoms with van der Waals surface area (Å²) in [6.07, 6.45) is 0.971. The standard InChI is InChI=1S/C19H18FN3O3S2/c1-2-22-16-12-14(23(25)26)7-10-17(16)28-19(22)21-18(24)4-3-11-27-15-8-5-13(20)6-9-15/h5-10,12H,2-4,11H2,1H3. The van der Waals surface area contributed by atoms with Gasteiger partial charge in [-0.25, -0.2) is 4.39 Å². The Morgan fingerprint density at radius 3 is 2.71 bits per heavy atom. The quantitative estimate of drug-likeness (QED) is 0.239. The summed E-state index contributed by atoms with van der Waals surface area (Å²) in [5.41, 5.74) is 0.725. The average Bonchev–Trinajstić information content (AvgIpc) is 3.02. The molecule has 0 radical (unpaired) electrons. The lowest BCUT2D eigenvalue weighted by molar-refractivity contribution is -0.384. The van der Waals surface area contributed by atoms with Crippen molar-refractivity contribution in [2.24, 2.45) is 4.99 Å². The number of halogens is 1. The summed E-state index contributed by atoms with van der Waals surface area (Å²) >= 11 is 2.91. The highest BCUT2D eigenvalue weighted by molar-refractivity contribution is 7.99. The van der Waals surface area contributed by atoms with Gasteiger partial charge < -0.3 is 4.57 Å². The first-order valence-corrected chi connectivity index (χ1v) is 10.5. The van der Waals surface area contributed by atoms with Crippen LogP contribution in [-0.2, 0) is 11.3 Å². The lowest BCUT2D eigenvalue weighted by Crippen LogP contribution is -2.15. The third kappa shape index (κ3) is 4.85. The molecule has 0 atom stereocenters. The van der Waals surface area contributed by atoms with E-state index < -0.39 is 4.92 Å². The van der Waals surface area contributed by atoms with Crippen molar-refractivity contribution in [1.82, 2.24) is 4.57 Å². The van der Waals surface area contributed by atoms with Crippen LogP contribution in [0.15, 0.2) is 52.4 Å². The van der Waals surface area contributed by atoms with Gasteiger partial charge in [0.05, 0.1) is 15.1 Å². The molecule has 0 saturated carbocycles. The Morgan fingerprint density at radius 2 is 2.04 bits per heavy atom. The van der Waals surface area contributed by atoms with Gasteiger partial charge in [0.15, 0.2) is 4.80 Å². The Balaban J connectivity index is 1.68. The second kappa shape index (κ2) is 9.11. The van der Waals surface area contributed by atoms with E-state index in [0.29, 0.717) is 29.7 Å². The fraction of sp³-hybridized carbons (Fsp3) is 0.263. The minimum Gasteiger partial charge on any atom is -0.316 e. The highest BCUT2D eigenvalue weighted by atomic mass is 32.2. The Hall–Kier alpha value is -2.52. The Morgan fingerprint density at radius 1 is 1.29 bits per heavy atom. The fourth-order valence-electron chi connectivity index (χ4n) is 2.67. The van der Waals surface area contributed by atoms with Gasteiger partial charge in [-0.2, -0.15) is 4.99 Å². The van der Waals surface area contributed by atoms with Gasteiger partial charge in [-0.1, -0.05) is 11.3 Å². The molecule has 3 aromatic rings. The highest BCUT2D eigenvalue weighted by Gasteiger charge is 2.12. The zero-order valence-electron chi connectivity index (χ0n) is 15.1. The number of nitrogens with zero attached hydrogens (tertiary/aromatic N) is 3. The SMILES string of the molecule is CCn1c(=NC(=O)CCCSc2ccc(F)cc2)sc2ccc([N+](=O)[O-])cc21. The minimum absolute atomic E-state index is 0.0168. The number of hydrogen-bond donors (Lipinski definition) is 0. The number of thioether (sulfide) groups is 1. The number of benzene rings is 2. The number of aryl methyl sites for hydroxylation is 1. The second-order valence-electron chi connectivity index (χ2n) is 5.95.